The predicted octanol–water partition coefficient (Wildman–Crippen LogP) is 1.87. The van der Waals surface area contributed by atoms with Gasteiger partial charge in [-0.2, -0.15) is 0 Å². The molecule has 0 spiro atoms. The molecule has 2 amide bonds. The summed E-state index contributed by atoms with van der Waals surface area (Å²) < 4.78 is 0. The molecule has 0 aliphatic heterocycles. The van der Waals surface area contributed by atoms with Gasteiger partial charge in [-0.25, -0.2) is 4.79 Å². The second-order valence-electron chi connectivity index (χ2n) is 6.01. The third-order valence-corrected chi connectivity index (χ3v) is 4.47. The first-order valence-corrected chi connectivity index (χ1v) is 6.75. The Morgan fingerprint density at radius 3 is 2.17 bits per heavy atom. The smallest absolute Gasteiger partial charge is 0.315 e. The molecular formula is C13H22N2O3. The van der Waals surface area contributed by atoms with Gasteiger partial charge in [0.05, 0.1) is 5.41 Å². The van der Waals surface area contributed by atoms with Crippen LogP contribution in [0.4, 0.5) is 4.79 Å². The second-order valence-corrected chi connectivity index (χ2v) is 6.01. The highest BCUT2D eigenvalue weighted by Gasteiger charge is 2.44. The van der Waals surface area contributed by atoms with Crippen molar-refractivity contribution < 1.29 is 14.7 Å². The monoisotopic (exact) mass is 254 g/mol. The van der Waals surface area contributed by atoms with E-state index in [-0.39, 0.29) is 18.1 Å². The number of carbonyl (C=O) groups excluding carboxylic acids is 1. The molecule has 0 unspecified atom stereocenters. The Bertz CT molecular complexity index is 344. The topological polar surface area (TPSA) is 78.4 Å². The molecule has 0 aromatic carbocycles. The summed E-state index contributed by atoms with van der Waals surface area (Å²) in [4.78, 5) is 23.0. The molecule has 5 heteroatoms. The summed E-state index contributed by atoms with van der Waals surface area (Å²) in [6, 6.07) is -0.230. The lowest BCUT2D eigenvalue weighted by Crippen LogP contribution is -2.53. The van der Waals surface area contributed by atoms with Crippen LogP contribution < -0.4 is 10.6 Å². The maximum absolute atomic E-state index is 11.8. The fraction of sp³-hybridized carbons (Fsp3) is 0.846. The van der Waals surface area contributed by atoms with Crippen molar-refractivity contribution in [3.63, 3.8) is 0 Å². The van der Waals surface area contributed by atoms with Crippen LogP contribution in [0.2, 0.25) is 0 Å². The van der Waals surface area contributed by atoms with E-state index in [1.165, 1.54) is 0 Å². The second kappa shape index (κ2) is 4.78. The van der Waals surface area contributed by atoms with E-state index in [0.29, 0.717) is 12.8 Å². The van der Waals surface area contributed by atoms with Gasteiger partial charge in [0.1, 0.15) is 0 Å². The van der Waals surface area contributed by atoms with Crippen molar-refractivity contribution in [1.82, 2.24) is 10.6 Å². The highest BCUT2D eigenvalue weighted by Crippen LogP contribution is 2.40. The lowest BCUT2D eigenvalue weighted by molar-refractivity contribution is -0.153. The third-order valence-electron chi connectivity index (χ3n) is 4.47. The first-order chi connectivity index (χ1) is 8.46. The van der Waals surface area contributed by atoms with Gasteiger partial charge in [-0.3, -0.25) is 4.79 Å². The summed E-state index contributed by atoms with van der Waals surface area (Å²) in [6.45, 7) is 2.29. The summed E-state index contributed by atoms with van der Waals surface area (Å²) in [7, 11) is 0. The normalized spacial score (nSPS) is 24.1. The Morgan fingerprint density at radius 1 is 1.11 bits per heavy atom. The van der Waals surface area contributed by atoms with Crippen molar-refractivity contribution in [2.24, 2.45) is 5.41 Å². The Kier molecular flexibility index (Phi) is 3.50. The molecule has 0 radical (unpaired) electrons. The maximum Gasteiger partial charge on any atom is 0.315 e. The molecule has 2 fully saturated rings. The maximum atomic E-state index is 11.8. The number of aliphatic carboxylic acids is 1. The summed E-state index contributed by atoms with van der Waals surface area (Å²) in [6.07, 6.45) is 6.58. The number of urea groups is 1. The SMILES string of the molecule is CC1(NC(=O)NCC2(C(=O)O)CCC2)CCCC1. The third kappa shape index (κ3) is 2.60. The minimum Gasteiger partial charge on any atom is -0.481 e. The van der Waals surface area contributed by atoms with Gasteiger partial charge in [-0.15, -0.1) is 0 Å². The Labute approximate surface area is 107 Å². The fourth-order valence-corrected chi connectivity index (χ4v) is 2.92. The van der Waals surface area contributed by atoms with Crippen LogP contribution >= 0.6 is 0 Å². The molecule has 2 aliphatic rings. The van der Waals surface area contributed by atoms with Crippen LogP contribution in [0.15, 0.2) is 0 Å². The standard InChI is InChI=1S/C13H22N2O3/c1-12(5-2-3-6-12)15-11(18)14-9-13(10(16)17)7-4-8-13/h2-9H2,1H3,(H,16,17)(H2,14,15,18). The van der Waals surface area contributed by atoms with Crippen molar-refractivity contribution >= 4 is 12.0 Å². The summed E-state index contributed by atoms with van der Waals surface area (Å²) in [5.41, 5.74) is -0.825. The summed E-state index contributed by atoms with van der Waals surface area (Å²) in [5.74, 6) is -0.791. The molecule has 0 heterocycles. The average molecular weight is 254 g/mol. The van der Waals surface area contributed by atoms with Gasteiger partial charge in [0.2, 0.25) is 0 Å². The van der Waals surface area contributed by atoms with E-state index in [9.17, 15) is 9.59 Å². The van der Waals surface area contributed by atoms with Gasteiger partial charge in [0, 0.05) is 12.1 Å². The number of carbonyl (C=O) groups is 2. The van der Waals surface area contributed by atoms with Crippen molar-refractivity contribution in [3.05, 3.63) is 0 Å². The van der Waals surface area contributed by atoms with Gasteiger partial charge in [0.15, 0.2) is 0 Å². The number of carboxylic acids is 1. The zero-order valence-corrected chi connectivity index (χ0v) is 10.9. The van der Waals surface area contributed by atoms with Crippen LogP contribution in [0.3, 0.4) is 0 Å². The van der Waals surface area contributed by atoms with Crippen molar-refractivity contribution in [3.8, 4) is 0 Å². The largest absolute Gasteiger partial charge is 0.481 e. The van der Waals surface area contributed by atoms with Crippen molar-refractivity contribution in [2.75, 3.05) is 6.54 Å². The van der Waals surface area contributed by atoms with Crippen molar-refractivity contribution in [2.45, 2.75) is 57.4 Å². The van der Waals surface area contributed by atoms with Crippen LogP contribution in [-0.2, 0) is 4.79 Å². The molecular weight excluding hydrogens is 232 g/mol. The number of rotatable bonds is 4. The van der Waals surface area contributed by atoms with E-state index in [1.807, 2.05) is 0 Å². The van der Waals surface area contributed by atoms with Crippen LogP contribution in [-0.4, -0.2) is 29.2 Å². The molecule has 0 aromatic rings. The van der Waals surface area contributed by atoms with E-state index >= 15 is 0 Å². The van der Waals surface area contributed by atoms with E-state index in [4.69, 9.17) is 5.11 Å². The number of hydrogen-bond donors (Lipinski definition) is 3. The average Bonchev–Trinajstić information content (AvgIpc) is 2.62. The van der Waals surface area contributed by atoms with Gasteiger partial charge in [0.25, 0.3) is 0 Å². The lowest BCUT2D eigenvalue weighted by atomic mass is 9.69. The van der Waals surface area contributed by atoms with Crippen LogP contribution in [0, 0.1) is 5.41 Å². The van der Waals surface area contributed by atoms with Crippen LogP contribution in [0.1, 0.15) is 51.9 Å². The highest BCUT2D eigenvalue weighted by atomic mass is 16.4. The van der Waals surface area contributed by atoms with E-state index in [1.54, 1.807) is 0 Å². The molecule has 18 heavy (non-hydrogen) atoms. The quantitative estimate of drug-likeness (QED) is 0.716. The summed E-state index contributed by atoms with van der Waals surface area (Å²) >= 11 is 0. The lowest BCUT2D eigenvalue weighted by Gasteiger charge is -2.38. The van der Waals surface area contributed by atoms with E-state index < -0.39 is 11.4 Å². The minimum absolute atomic E-state index is 0.111. The highest BCUT2D eigenvalue weighted by molar-refractivity contribution is 5.79. The molecule has 102 valence electrons. The van der Waals surface area contributed by atoms with Gasteiger partial charge >= 0.3 is 12.0 Å². The summed E-state index contributed by atoms with van der Waals surface area (Å²) in [5, 5.41) is 14.9. The van der Waals surface area contributed by atoms with Gasteiger partial charge in [-0.05, 0) is 32.6 Å². The Morgan fingerprint density at radius 2 is 1.72 bits per heavy atom. The molecule has 0 bridgehead atoms. The molecule has 2 saturated carbocycles. The molecule has 0 saturated heterocycles. The molecule has 0 atom stereocenters. The molecule has 2 aliphatic carbocycles. The number of carboxylic acid groups (broad SMARTS) is 1. The number of nitrogens with one attached hydrogen (secondary N) is 2. The minimum atomic E-state index is -0.791. The Balaban J connectivity index is 1.79. The first-order valence-electron chi connectivity index (χ1n) is 6.75. The van der Waals surface area contributed by atoms with Crippen molar-refractivity contribution in [1.29, 1.82) is 0 Å². The first kappa shape index (κ1) is 13.2. The predicted molar refractivity (Wildman–Crippen MR) is 67.3 cm³/mol. The number of hydrogen-bond acceptors (Lipinski definition) is 2. The zero-order chi connectivity index (χ0) is 13.2. The van der Waals surface area contributed by atoms with E-state index in [0.717, 1.165) is 32.1 Å². The van der Waals surface area contributed by atoms with Gasteiger partial charge in [-0.1, -0.05) is 19.3 Å². The van der Waals surface area contributed by atoms with Crippen LogP contribution in [0.25, 0.3) is 0 Å². The molecule has 0 aromatic heterocycles. The molecule has 5 nitrogen and oxygen atoms in total. The van der Waals surface area contributed by atoms with Crippen LogP contribution in [0.5, 0.6) is 0 Å². The molecule has 3 N–H and O–H groups in total. The fourth-order valence-electron chi connectivity index (χ4n) is 2.92. The van der Waals surface area contributed by atoms with E-state index in [2.05, 4.69) is 17.6 Å². The van der Waals surface area contributed by atoms with Gasteiger partial charge < -0.3 is 15.7 Å². The zero-order valence-electron chi connectivity index (χ0n) is 10.9. The Hall–Kier alpha value is -1.26. The molecule has 2 rings (SSSR count). The number of amides is 2.